The summed E-state index contributed by atoms with van der Waals surface area (Å²) in [6, 6.07) is 0.228. The van der Waals surface area contributed by atoms with Crippen LogP contribution in [-0.2, 0) is 9.59 Å². The van der Waals surface area contributed by atoms with Crippen LogP contribution in [-0.4, -0.2) is 48.9 Å². The van der Waals surface area contributed by atoms with Crippen molar-refractivity contribution in [2.24, 2.45) is 0 Å². The number of nitrogens with one attached hydrogen (secondary N) is 2. The summed E-state index contributed by atoms with van der Waals surface area (Å²) in [5.41, 5.74) is 0. The van der Waals surface area contributed by atoms with E-state index in [9.17, 15) is 9.59 Å². The first-order chi connectivity index (χ1) is 9.25. The smallest absolute Gasteiger partial charge is 0.239 e. The van der Waals surface area contributed by atoms with E-state index >= 15 is 0 Å². The predicted molar refractivity (Wildman–Crippen MR) is 73.7 cm³/mol. The lowest BCUT2D eigenvalue weighted by Gasteiger charge is -2.27. The molecule has 0 unspecified atom stereocenters. The van der Waals surface area contributed by atoms with Crippen LogP contribution in [0.5, 0.6) is 0 Å². The SMILES string of the molecule is O=C(CN1CCCCCCC1=O)N[C@H]1CCCNC1. The molecule has 2 aliphatic rings. The number of likely N-dealkylation sites (tertiary alicyclic amines) is 1. The Labute approximate surface area is 115 Å². The van der Waals surface area contributed by atoms with Crippen LogP contribution in [0.2, 0.25) is 0 Å². The molecule has 2 rings (SSSR count). The Bertz CT molecular complexity index is 314. The van der Waals surface area contributed by atoms with E-state index < -0.39 is 0 Å². The van der Waals surface area contributed by atoms with Crippen LogP contribution in [0.1, 0.15) is 44.9 Å². The van der Waals surface area contributed by atoms with Crippen molar-refractivity contribution in [3.8, 4) is 0 Å². The zero-order valence-corrected chi connectivity index (χ0v) is 11.6. The molecule has 2 amide bonds. The van der Waals surface area contributed by atoms with Gasteiger partial charge in [0.2, 0.25) is 11.8 Å². The van der Waals surface area contributed by atoms with Crippen LogP contribution in [0.25, 0.3) is 0 Å². The third-order valence-electron chi connectivity index (χ3n) is 3.92. The number of hydrogen-bond acceptors (Lipinski definition) is 3. The predicted octanol–water partition coefficient (Wildman–Crippen LogP) is 0.647. The molecule has 0 saturated carbocycles. The minimum absolute atomic E-state index is 0.0115. The quantitative estimate of drug-likeness (QED) is 0.789. The number of carbonyl (C=O) groups is 2. The standard InChI is InChI=1S/C14H25N3O2/c18-13(16-12-6-5-8-15-10-12)11-17-9-4-2-1-3-7-14(17)19/h12,15H,1-11H2,(H,16,18)/t12-/m0/s1. The van der Waals surface area contributed by atoms with Crippen molar-refractivity contribution >= 4 is 11.8 Å². The molecule has 0 bridgehead atoms. The zero-order chi connectivity index (χ0) is 13.5. The van der Waals surface area contributed by atoms with Gasteiger partial charge < -0.3 is 15.5 Å². The lowest BCUT2D eigenvalue weighted by Crippen LogP contribution is -2.49. The molecule has 108 valence electrons. The normalized spacial score (nSPS) is 25.6. The van der Waals surface area contributed by atoms with E-state index in [2.05, 4.69) is 10.6 Å². The summed E-state index contributed by atoms with van der Waals surface area (Å²) >= 11 is 0. The van der Waals surface area contributed by atoms with Gasteiger partial charge in [-0.25, -0.2) is 0 Å². The Kier molecular flexibility index (Phi) is 5.63. The number of carbonyl (C=O) groups excluding carboxylic acids is 2. The van der Waals surface area contributed by atoms with Crippen LogP contribution >= 0.6 is 0 Å². The minimum atomic E-state index is -0.0115. The van der Waals surface area contributed by atoms with Gasteiger partial charge >= 0.3 is 0 Å². The van der Waals surface area contributed by atoms with E-state index in [0.717, 1.165) is 58.2 Å². The highest BCUT2D eigenvalue weighted by Crippen LogP contribution is 2.11. The van der Waals surface area contributed by atoms with Gasteiger partial charge in [0.25, 0.3) is 0 Å². The number of hydrogen-bond donors (Lipinski definition) is 2. The second kappa shape index (κ2) is 7.48. The molecule has 2 saturated heterocycles. The highest BCUT2D eigenvalue weighted by atomic mass is 16.2. The van der Waals surface area contributed by atoms with Crippen LogP contribution in [0.4, 0.5) is 0 Å². The Hall–Kier alpha value is -1.10. The molecule has 0 aromatic rings. The van der Waals surface area contributed by atoms with E-state index in [1.807, 2.05) is 0 Å². The zero-order valence-electron chi connectivity index (χ0n) is 11.6. The van der Waals surface area contributed by atoms with Crippen molar-refractivity contribution in [2.75, 3.05) is 26.2 Å². The number of amides is 2. The second-order valence-electron chi connectivity index (χ2n) is 5.59. The third-order valence-corrected chi connectivity index (χ3v) is 3.92. The van der Waals surface area contributed by atoms with Gasteiger partial charge in [0.05, 0.1) is 6.54 Å². The van der Waals surface area contributed by atoms with E-state index in [-0.39, 0.29) is 24.4 Å². The summed E-state index contributed by atoms with van der Waals surface area (Å²) < 4.78 is 0. The molecular formula is C14H25N3O2. The highest BCUT2D eigenvalue weighted by Gasteiger charge is 2.20. The fourth-order valence-corrected chi connectivity index (χ4v) is 2.80. The molecular weight excluding hydrogens is 242 g/mol. The Morgan fingerprint density at radius 3 is 2.89 bits per heavy atom. The summed E-state index contributed by atoms with van der Waals surface area (Å²) in [6.07, 6.45) is 7.02. The van der Waals surface area contributed by atoms with Crippen molar-refractivity contribution in [1.29, 1.82) is 0 Å². The molecule has 2 aliphatic heterocycles. The van der Waals surface area contributed by atoms with Gasteiger partial charge in [-0.15, -0.1) is 0 Å². The molecule has 0 spiro atoms. The summed E-state index contributed by atoms with van der Waals surface area (Å²) in [7, 11) is 0. The minimum Gasteiger partial charge on any atom is -0.351 e. The van der Waals surface area contributed by atoms with Crippen molar-refractivity contribution < 1.29 is 9.59 Å². The van der Waals surface area contributed by atoms with Gasteiger partial charge in [-0.1, -0.05) is 12.8 Å². The fourth-order valence-electron chi connectivity index (χ4n) is 2.80. The number of rotatable bonds is 3. The molecule has 2 fully saturated rings. The fraction of sp³-hybridized carbons (Fsp3) is 0.857. The molecule has 0 aromatic carbocycles. The van der Waals surface area contributed by atoms with E-state index in [1.165, 1.54) is 0 Å². The summed E-state index contributed by atoms with van der Waals surface area (Å²) in [5.74, 6) is 0.124. The van der Waals surface area contributed by atoms with E-state index in [4.69, 9.17) is 0 Å². The van der Waals surface area contributed by atoms with Crippen LogP contribution in [0.15, 0.2) is 0 Å². The van der Waals surface area contributed by atoms with Crippen molar-refractivity contribution in [3.63, 3.8) is 0 Å². The molecule has 5 heteroatoms. The molecule has 2 N–H and O–H groups in total. The lowest BCUT2D eigenvalue weighted by atomic mass is 10.1. The van der Waals surface area contributed by atoms with Crippen LogP contribution in [0.3, 0.4) is 0 Å². The summed E-state index contributed by atoms with van der Waals surface area (Å²) in [6.45, 7) is 2.85. The van der Waals surface area contributed by atoms with Gasteiger partial charge in [0, 0.05) is 25.6 Å². The van der Waals surface area contributed by atoms with Crippen molar-refractivity contribution in [3.05, 3.63) is 0 Å². The average molecular weight is 267 g/mol. The summed E-state index contributed by atoms with van der Waals surface area (Å²) in [5, 5.41) is 6.30. The van der Waals surface area contributed by atoms with E-state index in [0.29, 0.717) is 6.42 Å². The molecule has 2 heterocycles. The third kappa shape index (κ3) is 4.82. The first-order valence-electron chi connectivity index (χ1n) is 7.53. The maximum Gasteiger partial charge on any atom is 0.239 e. The topological polar surface area (TPSA) is 61.4 Å². The Balaban J connectivity index is 1.77. The van der Waals surface area contributed by atoms with Crippen molar-refractivity contribution in [2.45, 2.75) is 51.0 Å². The van der Waals surface area contributed by atoms with Gasteiger partial charge in [-0.3, -0.25) is 9.59 Å². The molecule has 5 nitrogen and oxygen atoms in total. The molecule has 19 heavy (non-hydrogen) atoms. The maximum atomic E-state index is 12.0. The lowest BCUT2D eigenvalue weighted by molar-refractivity contribution is -0.136. The van der Waals surface area contributed by atoms with Crippen LogP contribution < -0.4 is 10.6 Å². The first-order valence-corrected chi connectivity index (χ1v) is 7.53. The summed E-state index contributed by atoms with van der Waals surface area (Å²) in [4.78, 5) is 25.6. The largest absolute Gasteiger partial charge is 0.351 e. The van der Waals surface area contributed by atoms with Gasteiger partial charge in [0.15, 0.2) is 0 Å². The molecule has 0 aromatic heterocycles. The number of nitrogens with zero attached hydrogens (tertiary/aromatic N) is 1. The van der Waals surface area contributed by atoms with Gasteiger partial charge in [0.1, 0.15) is 0 Å². The van der Waals surface area contributed by atoms with Crippen molar-refractivity contribution in [1.82, 2.24) is 15.5 Å². The Morgan fingerprint density at radius 1 is 1.26 bits per heavy atom. The molecule has 0 aliphatic carbocycles. The van der Waals surface area contributed by atoms with Crippen LogP contribution in [0, 0.1) is 0 Å². The molecule has 1 atom stereocenters. The maximum absolute atomic E-state index is 12.0. The van der Waals surface area contributed by atoms with Gasteiger partial charge in [-0.05, 0) is 32.2 Å². The van der Waals surface area contributed by atoms with E-state index in [1.54, 1.807) is 4.90 Å². The second-order valence-corrected chi connectivity index (χ2v) is 5.59. The van der Waals surface area contributed by atoms with Gasteiger partial charge in [-0.2, -0.15) is 0 Å². The average Bonchev–Trinajstić information content (AvgIpc) is 2.40. The highest BCUT2D eigenvalue weighted by molar-refractivity contribution is 5.85. The molecule has 0 radical (unpaired) electrons. The first kappa shape index (κ1) is 14.3. The monoisotopic (exact) mass is 267 g/mol. The number of piperidine rings is 1. The Morgan fingerprint density at radius 2 is 2.11 bits per heavy atom.